The second-order valence-electron chi connectivity index (χ2n) is 7.28. The number of carbonyl (C=O) groups is 1. The lowest BCUT2D eigenvalue weighted by atomic mass is 9.85. The van der Waals surface area contributed by atoms with Gasteiger partial charge in [0.05, 0.1) is 12.5 Å². The van der Waals surface area contributed by atoms with Crippen LogP contribution < -0.4 is 0 Å². The van der Waals surface area contributed by atoms with Gasteiger partial charge < -0.3 is 14.4 Å². The Kier molecular flexibility index (Phi) is 4.48. The van der Waals surface area contributed by atoms with Gasteiger partial charge in [-0.15, -0.1) is 0 Å². The molecular formula is C24H21N3O2. The van der Waals surface area contributed by atoms with E-state index in [4.69, 9.17) is 4.52 Å². The Morgan fingerprint density at radius 3 is 2.28 bits per heavy atom. The van der Waals surface area contributed by atoms with Crippen molar-refractivity contribution >= 4 is 5.91 Å². The van der Waals surface area contributed by atoms with Gasteiger partial charge in [0.25, 0.3) is 5.91 Å². The normalized spacial score (nSPS) is 13.5. The molecular weight excluding hydrogens is 362 g/mol. The first-order chi connectivity index (χ1) is 14.3. The van der Waals surface area contributed by atoms with E-state index in [2.05, 4.69) is 34.4 Å². The van der Waals surface area contributed by atoms with Crippen molar-refractivity contribution in [2.45, 2.75) is 18.9 Å². The first-order valence-corrected chi connectivity index (χ1v) is 9.81. The number of H-pyrrole nitrogens is 1. The van der Waals surface area contributed by atoms with Gasteiger partial charge in [0.2, 0.25) is 0 Å². The van der Waals surface area contributed by atoms with Gasteiger partial charge in [-0.1, -0.05) is 65.8 Å². The van der Waals surface area contributed by atoms with Gasteiger partial charge in [0.1, 0.15) is 17.1 Å². The standard InChI is InChI=1S/C24H21N3O2/c28-24(20-12-7-14-25-20)27-15-13-21-19(16-27)23(26-29-21)22(17-8-3-1-4-9-17)18-10-5-2-6-11-18/h1-12,14,22,25H,13,15-16H2. The van der Waals surface area contributed by atoms with Crippen LogP contribution >= 0.6 is 0 Å². The Hall–Kier alpha value is -3.60. The summed E-state index contributed by atoms with van der Waals surface area (Å²) in [6, 6.07) is 24.3. The Balaban J connectivity index is 1.55. The molecule has 144 valence electrons. The average Bonchev–Trinajstić information content (AvgIpc) is 3.45. The number of fused-ring (bicyclic) bond motifs is 1. The number of aromatic nitrogens is 2. The van der Waals surface area contributed by atoms with Crippen molar-refractivity contribution in [3.63, 3.8) is 0 Å². The minimum absolute atomic E-state index is 0.00349. The monoisotopic (exact) mass is 383 g/mol. The maximum Gasteiger partial charge on any atom is 0.270 e. The molecule has 3 heterocycles. The third-order valence-electron chi connectivity index (χ3n) is 5.51. The first-order valence-electron chi connectivity index (χ1n) is 9.81. The van der Waals surface area contributed by atoms with Gasteiger partial charge >= 0.3 is 0 Å². The lowest BCUT2D eigenvalue weighted by Gasteiger charge is -2.27. The molecule has 1 aliphatic heterocycles. The van der Waals surface area contributed by atoms with E-state index in [1.807, 2.05) is 53.4 Å². The highest BCUT2D eigenvalue weighted by Crippen LogP contribution is 2.36. The van der Waals surface area contributed by atoms with Crippen LogP contribution in [0.1, 0.15) is 44.6 Å². The summed E-state index contributed by atoms with van der Waals surface area (Å²) in [6.45, 7) is 1.13. The molecule has 0 atom stereocenters. The molecule has 0 saturated heterocycles. The third-order valence-corrected chi connectivity index (χ3v) is 5.51. The number of amides is 1. The van der Waals surface area contributed by atoms with E-state index in [-0.39, 0.29) is 11.8 Å². The van der Waals surface area contributed by atoms with Gasteiger partial charge in [0, 0.05) is 24.7 Å². The van der Waals surface area contributed by atoms with Crippen LogP contribution in [0.2, 0.25) is 0 Å². The predicted octanol–water partition coefficient (Wildman–Crippen LogP) is 4.38. The summed E-state index contributed by atoms with van der Waals surface area (Å²) in [4.78, 5) is 17.7. The molecule has 0 saturated carbocycles. The Morgan fingerprint density at radius 1 is 0.966 bits per heavy atom. The van der Waals surface area contributed by atoms with E-state index in [1.165, 1.54) is 0 Å². The second-order valence-corrected chi connectivity index (χ2v) is 7.28. The van der Waals surface area contributed by atoms with E-state index >= 15 is 0 Å². The first kappa shape index (κ1) is 17.5. The number of carbonyl (C=O) groups excluding carboxylic acids is 1. The summed E-state index contributed by atoms with van der Waals surface area (Å²) in [6.07, 6.45) is 2.44. The molecule has 0 bridgehead atoms. The van der Waals surface area contributed by atoms with Crippen LogP contribution in [0, 0.1) is 0 Å². The summed E-state index contributed by atoms with van der Waals surface area (Å²) in [7, 11) is 0. The quantitative estimate of drug-likeness (QED) is 0.569. The highest BCUT2D eigenvalue weighted by molar-refractivity contribution is 5.92. The number of hydrogen-bond acceptors (Lipinski definition) is 3. The van der Waals surface area contributed by atoms with Crippen LogP contribution in [0.25, 0.3) is 0 Å². The number of nitrogens with one attached hydrogen (secondary N) is 1. The van der Waals surface area contributed by atoms with Gasteiger partial charge in [-0.25, -0.2) is 0 Å². The van der Waals surface area contributed by atoms with E-state index in [0.717, 1.165) is 28.1 Å². The van der Waals surface area contributed by atoms with E-state index < -0.39 is 0 Å². The van der Waals surface area contributed by atoms with Crippen molar-refractivity contribution in [3.8, 4) is 0 Å². The molecule has 1 aliphatic rings. The minimum Gasteiger partial charge on any atom is -0.361 e. The maximum atomic E-state index is 12.9. The van der Waals surface area contributed by atoms with Crippen LogP contribution in [0.5, 0.6) is 0 Å². The van der Waals surface area contributed by atoms with Crippen molar-refractivity contribution in [2.24, 2.45) is 0 Å². The van der Waals surface area contributed by atoms with Crippen molar-refractivity contribution in [3.05, 3.63) is 113 Å². The summed E-state index contributed by atoms with van der Waals surface area (Å²) >= 11 is 0. The zero-order valence-corrected chi connectivity index (χ0v) is 15.9. The van der Waals surface area contributed by atoms with E-state index in [1.54, 1.807) is 6.20 Å². The smallest absolute Gasteiger partial charge is 0.270 e. The molecule has 1 amide bonds. The molecule has 0 spiro atoms. The van der Waals surface area contributed by atoms with Crippen molar-refractivity contribution in [2.75, 3.05) is 6.54 Å². The van der Waals surface area contributed by atoms with Crippen LogP contribution in [-0.4, -0.2) is 27.5 Å². The highest BCUT2D eigenvalue weighted by Gasteiger charge is 2.32. The average molecular weight is 383 g/mol. The number of rotatable bonds is 4. The molecule has 0 radical (unpaired) electrons. The van der Waals surface area contributed by atoms with Gasteiger partial charge in [-0.2, -0.15) is 0 Å². The Morgan fingerprint density at radius 2 is 1.66 bits per heavy atom. The Bertz CT molecular complexity index is 1060. The fourth-order valence-corrected chi connectivity index (χ4v) is 4.06. The molecule has 0 unspecified atom stereocenters. The largest absolute Gasteiger partial charge is 0.361 e. The molecule has 0 aliphatic carbocycles. The number of aromatic amines is 1. The topological polar surface area (TPSA) is 62.1 Å². The number of benzene rings is 2. The minimum atomic E-state index is -0.0366. The zero-order chi connectivity index (χ0) is 19.6. The summed E-state index contributed by atoms with van der Waals surface area (Å²) in [5.41, 5.74) is 4.83. The van der Waals surface area contributed by atoms with Crippen LogP contribution in [-0.2, 0) is 13.0 Å². The van der Waals surface area contributed by atoms with Gasteiger partial charge in [-0.05, 0) is 23.3 Å². The van der Waals surface area contributed by atoms with Gasteiger partial charge in [0.15, 0.2) is 0 Å². The molecule has 5 rings (SSSR count). The fourth-order valence-electron chi connectivity index (χ4n) is 4.06. The van der Waals surface area contributed by atoms with Crippen molar-refractivity contribution in [1.29, 1.82) is 0 Å². The zero-order valence-electron chi connectivity index (χ0n) is 15.9. The second kappa shape index (κ2) is 7.43. The third kappa shape index (κ3) is 3.25. The summed E-state index contributed by atoms with van der Waals surface area (Å²) in [5, 5.41) is 4.49. The molecule has 1 N–H and O–H groups in total. The highest BCUT2D eigenvalue weighted by atomic mass is 16.5. The SMILES string of the molecule is O=C(c1ccc[nH]1)N1CCc2onc(C(c3ccccc3)c3ccccc3)c2C1. The lowest BCUT2D eigenvalue weighted by Crippen LogP contribution is -2.36. The van der Waals surface area contributed by atoms with Crippen molar-refractivity contribution < 1.29 is 9.32 Å². The molecule has 5 heteroatoms. The number of hydrogen-bond donors (Lipinski definition) is 1. The molecule has 2 aromatic heterocycles. The Labute approximate surface area is 169 Å². The molecule has 2 aromatic carbocycles. The molecule has 4 aromatic rings. The summed E-state index contributed by atoms with van der Waals surface area (Å²) < 4.78 is 5.73. The van der Waals surface area contributed by atoms with Crippen LogP contribution in [0.15, 0.2) is 83.5 Å². The van der Waals surface area contributed by atoms with Gasteiger partial charge in [-0.3, -0.25) is 4.79 Å². The maximum absolute atomic E-state index is 12.9. The fraction of sp³-hybridized carbons (Fsp3) is 0.167. The molecule has 5 nitrogen and oxygen atoms in total. The molecule has 0 fully saturated rings. The van der Waals surface area contributed by atoms with E-state index in [9.17, 15) is 4.79 Å². The number of nitrogens with zero attached hydrogens (tertiary/aromatic N) is 2. The van der Waals surface area contributed by atoms with Crippen LogP contribution in [0.3, 0.4) is 0 Å². The van der Waals surface area contributed by atoms with E-state index in [0.29, 0.717) is 25.2 Å². The lowest BCUT2D eigenvalue weighted by molar-refractivity contribution is 0.0723. The van der Waals surface area contributed by atoms with Crippen LogP contribution in [0.4, 0.5) is 0 Å². The van der Waals surface area contributed by atoms with Crippen molar-refractivity contribution in [1.82, 2.24) is 15.0 Å². The predicted molar refractivity (Wildman–Crippen MR) is 110 cm³/mol. The molecule has 29 heavy (non-hydrogen) atoms. The summed E-state index contributed by atoms with van der Waals surface area (Å²) in [5.74, 6) is 0.849.